The Bertz CT molecular complexity index is 276. The van der Waals surface area contributed by atoms with Crippen LogP contribution in [0.2, 0.25) is 0 Å². The van der Waals surface area contributed by atoms with Gasteiger partial charge in [-0.05, 0) is 26.2 Å². The second-order valence-corrected chi connectivity index (χ2v) is 3.97. The van der Waals surface area contributed by atoms with E-state index in [1.54, 1.807) is 0 Å². The fourth-order valence-corrected chi connectivity index (χ4v) is 1.97. The fourth-order valence-electron chi connectivity index (χ4n) is 1.97. The third-order valence-corrected chi connectivity index (χ3v) is 2.94. The highest BCUT2D eigenvalue weighted by Crippen LogP contribution is 2.13. The molecule has 1 fully saturated rings. The van der Waals surface area contributed by atoms with Gasteiger partial charge in [-0.1, -0.05) is 6.07 Å². The van der Waals surface area contributed by atoms with Gasteiger partial charge in [-0.3, -0.25) is 14.8 Å². The molecule has 0 saturated carbocycles. The van der Waals surface area contributed by atoms with Crippen molar-refractivity contribution >= 4 is 0 Å². The highest BCUT2D eigenvalue weighted by molar-refractivity contribution is 5.05. The Labute approximate surface area is 85.4 Å². The fraction of sp³-hybridized carbons (Fsp3) is 0.545. The van der Waals surface area contributed by atoms with E-state index < -0.39 is 0 Å². The van der Waals surface area contributed by atoms with E-state index in [1.165, 1.54) is 5.69 Å². The zero-order valence-corrected chi connectivity index (χ0v) is 8.85. The molecule has 1 aliphatic rings. The maximum atomic E-state index is 4.36. The standard InChI is InChI=1S/C11H17N3/c1-13-7-8-14(2)11(13)9-10-5-3-4-6-12-10/h3-6,11H,7-9H2,1-2H3. The number of hydrogen-bond acceptors (Lipinski definition) is 3. The minimum absolute atomic E-state index is 0.518. The van der Waals surface area contributed by atoms with Crippen molar-refractivity contribution < 1.29 is 0 Å². The molecule has 0 bridgehead atoms. The minimum atomic E-state index is 0.518. The molecule has 76 valence electrons. The predicted molar refractivity (Wildman–Crippen MR) is 57.0 cm³/mol. The molecule has 2 heterocycles. The van der Waals surface area contributed by atoms with Gasteiger partial charge >= 0.3 is 0 Å². The van der Waals surface area contributed by atoms with Gasteiger partial charge in [0, 0.05) is 31.4 Å². The van der Waals surface area contributed by atoms with Gasteiger partial charge in [0.1, 0.15) is 0 Å². The van der Waals surface area contributed by atoms with Crippen LogP contribution in [-0.2, 0) is 6.42 Å². The Morgan fingerprint density at radius 3 is 2.57 bits per heavy atom. The second kappa shape index (κ2) is 4.07. The summed E-state index contributed by atoms with van der Waals surface area (Å²) in [5, 5.41) is 0. The van der Waals surface area contributed by atoms with Crippen LogP contribution < -0.4 is 0 Å². The summed E-state index contributed by atoms with van der Waals surface area (Å²) in [6.07, 6.45) is 3.41. The maximum Gasteiger partial charge on any atom is 0.0675 e. The molecule has 1 aliphatic heterocycles. The largest absolute Gasteiger partial charge is 0.289 e. The third-order valence-electron chi connectivity index (χ3n) is 2.94. The first-order valence-corrected chi connectivity index (χ1v) is 5.08. The van der Waals surface area contributed by atoms with Crippen molar-refractivity contribution in [1.82, 2.24) is 14.8 Å². The van der Waals surface area contributed by atoms with Gasteiger partial charge < -0.3 is 0 Å². The highest BCUT2D eigenvalue weighted by atomic mass is 15.4. The zero-order chi connectivity index (χ0) is 9.97. The molecule has 3 heteroatoms. The van der Waals surface area contributed by atoms with Crippen LogP contribution in [-0.4, -0.2) is 48.1 Å². The van der Waals surface area contributed by atoms with Gasteiger partial charge in [0.05, 0.1) is 6.17 Å². The maximum absolute atomic E-state index is 4.36. The number of aromatic nitrogens is 1. The molecule has 1 aromatic heterocycles. The van der Waals surface area contributed by atoms with Crippen LogP contribution >= 0.6 is 0 Å². The summed E-state index contributed by atoms with van der Waals surface area (Å²) >= 11 is 0. The van der Waals surface area contributed by atoms with Crippen molar-refractivity contribution in [1.29, 1.82) is 0 Å². The summed E-state index contributed by atoms with van der Waals surface area (Å²) in [6, 6.07) is 6.11. The topological polar surface area (TPSA) is 19.4 Å². The summed E-state index contributed by atoms with van der Waals surface area (Å²) in [4.78, 5) is 9.12. The van der Waals surface area contributed by atoms with Crippen molar-refractivity contribution in [3.05, 3.63) is 30.1 Å². The van der Waals surface area contributed by atoms with Crippen LogP contribution in [0.4, 0.5) is 0 Å². The average molecular weight is 191 g/mol. The van der Waals surface area contributed by atoms with Crippen molar-refractivity contribution in [3.63, 3.8) is 0 Å². The van der Waals surface area contributed by atoms with E-state index in [4.69, 9.17) is 0 Å². The van der Waals surface area contributed by atoms with Crippen LogP contribution in [0.3, 0.4) is 0 Å². The number of hydrogen-bond donors (Lipinski definition) is 0. The van der Waals surface area contributed by atoms with Crippen molar-refractivity contribution in [2.24, 2.45) is 0 Å². The molecule has 0 aliphatic carbocycles. The molecule has 0 amide bonds. The highest BCUT2D eigenvalue weighted by Gasteiger charge is 2.26. The molecule has 2 rings (SSSR count). The van der Waals surface area contributed by atoms with Crippen molar-refractivity contribution in [2.45, 2.75) is 12.6 Å². The summed E-state index contributed by atoms with van der Waals surface area (Å²) in [7, 11) is 4.36. The molecule has 0 N–H and O–H groups in total. The van der Waals surface area contributed by atoms with E-state index in [2.05, 4.69) is 41.0 Å². The summed E-state index contributed by atoms with van der Waals surface area (Å²) in [6.45, 7) is 2.32. The summed E-state index contributed by atoms with van der Waals surface area (Å²) < 4.78 is 0. The van der Waals surface area contributed by atoms with Crippen LogP contribution in [0.1, 0.15) is 5.69 Å². The predicted octanol–water partition coefficient (Wildman–Crippen LogP) is 0.827. The second-order valence-electron chi connectivity index (χ2n) is 3.97. The van der Waals surface area contributed by atoms with E-state index in [0.29, 0.717) is 6.17 Å². The molecule has 0 atom stereocenters. The molecular formula is C11H17N3. The SMILES string of the molecule is CN1CCN(C)C1Cc1ccccn1. The zero-order valence-electron chi connectivity index (χ0n) is 8.85. The molecule has 0 spiro atoms. The van der Waals surface area contributed by atoms with E-state index in [9.17, 15) is 0 Å². The van der Waals surface area contributed by atoms with Crippen LogP contribution in [0.15, 0.2) is 24.4 Å². The Morgan fingerprint density at radius 1 is 1.29 bits per heavy atom. The molecule has 0 unspecified atom stereocenters. The number of likely N-dealkylation sites (N-methyl/N-ethyl adjacent to an activating group) is 2. The normalized spacial score (nSPS) is 20.4. The first-order valence-electron chi connectivity index (χ1n) is 5.08. The Morgan fingerprint density at radius 2 is 2.00 bits per heavy atom. The molecule has 1 saturated heterocycles. The lowest BCUT2D eigenvalue weighted by Crippen LogP contribution is -2.36. The van der Waals surface area contributed by atoms with E-state index in [-0.39, 0.29) is 0 Å². The van der Waals surface area contributed by atoms with Gasteiger partial charge in [0.25, 0.3) is 0 Å². The van der Waals surface area contributed by atoms with E-state index >= 15 is 0 Å². The van der Waals surface area contributed by atoms with Crippen molar-refractivity contribution in [3.8, 4) is 0 Å². The van der Waals surface area contributed by atoms with Gasteiger partial charge in [0.15, 0.2) is 0 Å². The van der Waals surface area contributed by atoms with E-state index in [1.807, 2.05) is 12.3 Å². The Hall–Kier alpha value is -0.930. The quantitative estimate of drug-likeness (QED) is 0.690. The van der Waals surface area contributed by atoms with Gasteiger partial charge in [-0.15, -0.1) is 0 Å². The molecule has 0 radical (unpaired) electrons. The Kier molecular flexibility index (Phi) is 2.79. The van der Waals surface area contributed by atoms with E-state index in [0.717, 1.165) is 19.5 Å². The lowest BCUT2D eigenvalue weighted by atomic mass is 10.2. The monoisotopic (exact) mass is 191 g/mol. The average Bonchev–Trinajstić information content (AvgIpc) is 2.51. The molecule has 1 aromatic rings. The lowest BCUT2D eigenvalue weighted by molar-refractivity contribution is 0.185. The lowest BCUT2D eigenvalue weighted by Gasteiger charge is -2.24. The number of nitrogens with zero attached hydrogens (tertiary/aromatic N) is 3. The van der Waals surface area contributed by atoms with Gasteiger partial charge in [-0.2, -0.15) is 0 Å². The number of rotatable bonds is 2. The minimum Gasteiger partial charge on any atom is -0.289 e. The molecule has 14 heavy (non-hydrogen) atoms. The molecule has 3 nitrogen and oxygen atoms in total. The molecule has 0 aromatic carbocycles. The van der Waals surface area contributed by atoms with Crippen molar-refractivity contribution in [2.75, 3.05) is 27.2 Å². The number of pyridine rings is 1. The van der Waals surface area contributed by atoms with Gasteiger partial charge in [0.2, 0.25) is 0 Å². The van der Waals surface area contributed by atoms with Crippen LogP contribution in [0, 0.1) is 0 Å². The third kappa shape index (κ3) is 1.94. The summed E-state index contributed by atoms with van der Waals surface area (Å²) in [5.74, 6) is 0. The molecular weight excluding hydrogens is 174 g/mol. The Balaban J connectivity index is 2.04. The van der Waals surface area contributed by atoms with Crippen LogP contribution in [0.5, 0.6) is 0 Å². The first-order chi connectivity index (χ1) is 6.77. The smallest absolute Gasteiger partial charge is 0.0675 e. The van der Waals surface area contributed by atoms with Crippen LogP contribution in [0.25, 0.3) is 0 Å². The summed E-state index contributed by atoms with van der Waals surface area (Å²) in [5.41, 5.74) is 1.18. The van der Waals surface area contributed by atoms with Gasteiger partial charge in [-0.25, -0.2) is 0 Å². The first kappa shape index (κ1) is 9.62.